The Morgan fingerprint density at radius 3 is 2.76 bits per heavy atom. The lowest BCUT2D eigenvalue weighted by molar-refractivity contribution is -0.325. The molecule has 1 aromatic rings. The minimum absolute atomic E-state index is 0.0880. The van der Waals surface area contributed by atoms with Crippen LogP contribution in [0.5, 0.6) is 0 Å². The van der Waals surface area contributed by atoms with Gasteiger partial charge in [0.2, 0.25) is 6.36 Å². The van der Waals surface area contributed by atoms with Gasteiger partial charge in [0.05, 0.1) is 12.7 Å². The molecule has 2 aliphatic heterocycles. The van der Waals surface area contributed by atoms with Gasteiger partial charge in [-0.2, -0.15) is 0 Å². The third kappa shape index (κ3) is 2.72. The van der Waals surface area contributed by atoms with Crippen molar-refractivity contribution in [2.24, 2.45) is 5.11 Å². The molecule has 0 aliphatic carbocycles. The van der Waals surface area contributed by atoms with Gasteiger partial charge in [-0.1, -0.05) is 35.4 Å². The first-order valence-electron chi connectivity index (χ1n) is 6.54. The van der Waals surface area contributed by atoms with Crippen molar-refractivity contribution in [1.29, 1.82) is 0 Å². The summed E-state index contributed by atoms with van der Waals surface area (Å²) in [6.45, 7) is 0.0880. The first-order valence-corrected chi connectivity index (χ1v) is 6.54. The summed E-state index contributed by atoms with van der Waals surface area (Å²) in [6, 6.07) is 7.85. The zero-order chi connectivity index (χ0) is 14.8. The second kappa shape index (κ2) is 5.97. The van der Waals surface area contributed by atoms with Crippen molar-refractivity contribution in [1.82, 2.24) is 0 Å². The van der Waals surface area contributed by atoms with Gasteiger partial charge < -0.3 is 19.3 Å². The Morgan fingerprint density at radius 1 is 1.29 bits per heavy atom. The molecule has 3 rings (SSSR count). The highest BCUT2D eigenvalue weighted by Crippen LogP contribution is 2.35. The van der Waals surface area contributed by atoms with Gasteiger partial charge >= 0.3 is 0 Å². The van der Waals surface area contributed by atoms with E-state index in [-0.39, 0.29) is 6.61 Å². The Bertz CT molecular complexity index is 539. The van der Waals surface area contributed by atoms with Crippen LogP contribution in [-0.4, -0.2) is 42.4 Å². The summed E-state index contributed by atoms with van der Waals surface area (Å²) < 4.78 is 29.9. The quantitative estimate of drug-likeness (QED) is 0.511. The van der Waals surface area contributed by atoms with Crippen molar-refractivity contribution < 1.29 is 23.7 Å². The van der Waals surface area contributed by atoms with E-state index in [2.05, 4.69) is 10.0 Å². The lowest BCUT2D eigenvalue weighted by Crippen LogP contribution is -2.60. The van der Waals surface area contributed by atoms with Crippen LogP contribution in [0.25, 0.3) is 10.4 Å². The first-order chi connectivity index (χ1) is 10.2. The molecule has 0 saturated carbocycles. The van der Waals surface area contributed by atoms with Gasteiger partial charge in [-0.15, -0.1) is 0 Å². The van der Waals surface area contributed by atoms with Crippen LogP contribution in [0, 0.1) is 0 Å². The van der Waals surface area contributed by atoms with Gasteiger partial charge in [-0.25, -0.2) is 4.39 Å². The molecule has 0 spiro atoms. The third-order valence-corrected chi connectivity index (χ3v) is 3.58. The van der Waals surface area contributed by atoms with Gasteiger partial charge in [0, 0.05) is 10.5 Å². The van der Waals surface area contributed by atoms with E-state index in [1.165, 1.54) is 0 Å². The van der Waals surface area contributed by atoms with Crippen LogP contribution in [0.2, 0.25) is 0 Å². The molecular weight excluding hydrogens is 281 g/mol. The maximum atomic E-state index is 13.7. The number of benzene rings is 1. The van der Waals surface area contributed by atoms with Gasteiger partial charge in [-0.3, -0.25) is 0 Å². The molecule has 112 valence electrons. The number of halogens is 1. The fourth-order valence-electron chi connectivity index (χ4n) is 2.53. The number of alkyl halides is 1. The molecule has 2 fully saturated rings. The van der Waals surface area contributed by atoms with E-state index in [1.807, 2.05) is 30.3 Å². The van der Waals surface area contributed by atoms with E-state index in [4.69, 9.17) is 19.7 Å². The second-order valence-electron chi connectivity index (χ2n) is 4.89. The monoisotopic (exact) mass is 295 g/mol. The number of hydrogen-bond acceptors (Lipinski definition) is 5. The molecule has 0 bridgehead atoms. The standard InChI is InChI=1S/C13H14FN3O4/c14-12-9(16-17-15)10(18)11-8(20-12)6-19-13(21-11)7-4-2-1-3-5-7/h1-5,8-13,18H,6H2/t8-,9-,10-,11+,12-,13+/m1/s1. The largest absolute Gasteiger partial charge is 0.390 e. The van der Waals surface area contributed by atoms with Gasteiger partial charge in [-0.05, 0) is 5.53 Å². The van der Waals surface area contributed by atoms with Crippen LogP contribution in [-0.2, 0) is 14.2 Å². The highest BCUT2D eigenvalue weighted by molar-refractivity contribution is 5.16. The van der Waals surface area contributed by atoms with Crippen molar-refractivity contribution in [3.05, 3.63) is 46.3 Å². The maximum Gasteiger partial charge on any atom is 0.210 e. The predicted octanol–water partition coefficient (Wildman–Crippen LogP) is 1.83. The summed E-state index contributed by atoms with van der Waals surface area (Å²) in [5, 5.41) is 13.4. The zero-order valence-corrected chi connectivity index (χ0v) is 10.9. The molecule has 0 unspecified atom stereocenters. The average Bonchev–Trinajstić information content (AvgIpc) is 2.52. The molecule has 21 heavy (non-hydrogen) atoms. The Labute approximate surface area is 119 Å². The smallest absolute Gasteiger partial charge is 0.210 e. The number of aliphatic hydroxyl groups is 1. The third-order valence-electron chi connectivity index (χ3n) is 3.58. The van der Waals surface area contributed by atoms with E-state index >= 15 is 0 Å². The summed E-state index contributed by atoms with van der Waals surface area (Å²) >= 11 is 0. The van der Waals surface area contributed by atoms with E-state index < -0.39 is 37.0 Å². The average molecular weight is 295 g/mol. The molecule has 1 aromatic carbocycles. The van der Waals surface area contributed by atoms with E-state index in [9.17, 15) is 9.50 Å². The van der Waals surface area contributed by atoms with Crippen molar-refractivity contribution in [3.8, 4) is 0 Å². The molecular formula is C13H14FN3O4. The molecule has 0 radical (unpaired) electrons. The SMILES string of the molecule is [N-]=[N+]=N[C@@H]1[C@@H](O)[C@H]2O[C@@H](c3ccccc3)OC[C@H]2O[C@H]1F. The number of ether oxygens (including phenoxy) is 3. The number of aliphatic hydroxyl groups excluding tert-OH is 1. The molecule has 0 aromatic heterocycles. The predicted molar refractivity (Wildman–Crippen MR) is 68.7 cm³/mol. The number of hydrogen-bond donors (Lipinski definition) is 1. The molecule has 7 nitrogen and oxygen atoms in total. The Kier molecular flexibility index (Phi) is 4.05. The fourth-order valence-corrected chi connectivity index (χ4v) is 2.53. The van der Waals surface area contributed by atoms with Crippen LogP contribution in [0.4, 0.5) is 4.39 Å². The van der Waals surface area contributed by atoms with Crippen LogP contribution >= 0.6 is 0 Å². The summed E-state index contributed by atoms with van der Waals surface area (Å²) in [7, 11) is 0. The van der Waals surface area contributed by atoms with Crippen LogP contribution in [0.15, 0.2) is 35.4 Å². The fraction of sp³-hybridized carbons (Fsp3) is 0.538. The Morgan fingerprint density at radius 2 is 2.05 bits per heavy atom. The van der Waals surface area contributed by atoms with Crippen molar-refractivity contribution in [3.63, 3.8) is 0 Å². The van der Waals surface area contributed by atoms with Crippen molar-refractivity contribution in [2.75, 3.05) is 6.61 Å². The summed E-state index contributed by atoms with van der Waals surface area (Å²) in [5.74, 6) is 0. The molecule has 0 amide bonds. The molecule has 2 aliphatic rings. The number of rotatable bonds is 2. The lowest BCUT2D eigenvalue weighted by Gasteiger charge is -2.44. The van der Waals surface area contributed by atoms with E-state index in [1.54, 1.807) is 0 Å². The highest BCUT2D eigenvalue weighted by atomic mass is 19.1. The summed E-state index contributed by atoms with van der Waals surface area (Å²) in [6.07, 6.45) is -5.39. The van der Waals surface area contributed by atoms with Crippen molar-refractivity contribution in [2.45, 2.75) is 37.0 Å². The topological polar surface area (TPSA) is 96.7 Å². The highest BCUT2D eigenvalue weighted by Gasteiger charge is 2.49. The molecule has 6 atom stereocenters. The first kappa shape index (κ1) is 14.2. The van der Waals surface area contributed by atoms with E-state index in [0.717, 1.165) is 5.56 Å². The molecule has 8 heteroatoms. The zero-order valence-electron chi connectivity index (χ0n) is 10.9. The number of fused-ring (bicyclic) bond motifs is 1. The number of nitrogens with zero attached hydrogens (tertiary/aromatic N) is 3. The minimum atomic E-state index is -1.88. The van der Waals surface area contributed by atoms with E-state index in [0.29, 0.717) is 0 Å². The second-order valence-corrected chi connectivity index (χ2v) is 4.89. The molecule has 2 heterocycles. The Balaban J connectivity index is 1.78. The van der Waals surface area contributed by atoms with Gasteiger partial charge in [0.15, 0.2) is 6.29 Å². The van der Waals surface area contributed by atoms with Crippen LogP contribution < -0.4 is 0 Å². The Hall–Kier alpha value is -1.70. The number of azide groups is 1. The summed E-state index contributed by atoms with van der Waals surface area (Å²) in [5.41, 5.74) is 9.22. The van der Waals surface area contributed by atoms with Gasteiger partial charge in [0.1, 0.15) is 18.2 Å². The minimum Gasteiger partial charge on any atom is -0.390 e. The normalized spacial score (nSPS) is 39.1. The van der Waals surface area contributed by atoms with Crippen molar-refractivity contribution >= 4 is 0 Å². The lowest BCUT2D eigenvalue weighted by atomic mass is 9.97. The van der Waals surface area contributed by atoms with Crippen LogP contribution in [0.1, 0.15) is 11.9 Å². The van der Waals surface area contributed by atoms with Crippen LogP contribution in [0.3, 0.4) is 0 Å². The summed E-state index contributed by atoms with van der Waals surface area (Å²) in [4.78, 5) is 2.53. The molecule has 1 N–H and O–H groups in total. The van der Waals surface area contributed by atoms with Gasteiger partial charge in [0.25, 0.3) is 0 Å². The maximum absolute atomic E-state index is 13.7. The molecule has 2 saturated heterocycles.